The molecule has 32 heavy (non-hydrogen) atoms. The highest BCUT2D eigenvalue weighted by atomic mass is 19.1. The van der Waals surface area contributed by atoms with E-state index >= 15 is 0 Å². The number of carbonyl (C=O) groups is 1. The van der Waals surface area contributed by atoms with E-state index in [-0.39, 0.29) is 17.8 Å². The number of hydrogen-bond donors (Lipinski definition) is 1. The van der Waals surface area contributed by atoms with Gasteiger partial charge in [-0.25, -0.2) is 4.39 Å². The largest absolute Gasteiger partial charge is 0.344 e. The topological polar surface area (TPSA) is 66.7 Å². The number of aliphatic imine (C=N–C) groups is 2. The summed E-state index contributed by atoms with van der Waals surface area (Å²) in [6.45, 7) is 7.18. The van der Waals surface area contributed by atoms with Gasteiger partial charge in [0.1, 0.15) is 11.5 Å². The Kier molecular flexibility index (Phi) is 7.75. The molecule has 1 N–H and O–H groups in total. The molecule has 3 rings (SSSR count). The van der Waals surface area contributed by atoms with Crippen LogP contribution in [0.2, 0.25) is 0 Å². The molecular formula is C26H25FN4O. The van der Waals surface area contributed by atoms with Crippen LogP contribution < -0.4 is 5.32 Å². The van der Waals surface area contributed by atoms with Gasteiger partial charge in [0.25, 0.3) is 5.91 Å². The number of amides is 1. The highest BCUT2D eigenvalue weighted by Crippen LogP contribution is 2.20. The molecule has 1 atom stereocenters. The fraction of sp³-hybridized carbons (Fsp3) is 0.154. The van der Waals surface area contributed by atoms with Crippen LogP contribution in [0.15, 0.2) is 89.2 Å². The molecule has 0 spiro atoms. The second-order valence-corrected chi connectivity index (χ2v) is 7.37. The van der Waals surface area contributed by atoms with Gasteiger partial charge >= 0.3 is 0 Å². The van der Waals surface area contributed by atoms with E-state index in [1.54, 1.807) is 12.1 Å². The Balaban J connectivity index is 1.75. The highest BCUT2D eigenvalue weighted by molar-refractivity contribution is 6.39. The second kappa shape index (κ2) is 10.9. The van der Waals surface area contributed by atoms with Gasteiger partial charge in [-0.15, -0.1) is 0 Å². The Morgan fingerprint density at radius 3 is 2.38 bits per heavy atom. The second-order valence-electron chi connectivity index (χ2n) is 7.37. The fourth-order valence-corrected chi connectivity index (χ4v) is 3.12. The predicted molar refractivity (Wildman–Crippen MR) is 127 cm³/mol. The first-order chi connectivity index (χ1) is 15.5. The SMILES string of the molecule is C=N/C=C\N=C(Cc1ccc(-c2ccc(C)nc2)cc1)C(=O)NC(C)c1ccc(F)cc1. The summed E-state index contributed by atoms with van der Waals surface area (Å²) in [5.41, 5.74) is 5.13. The number of nitrogens with zero attached hydrogens (tertiary/aromatic N) is 3. The van der Waals surface area contributed by atoms with Gasteiger partial charge in [0.05, 0.1) is 6.04 Å². The molecule has 3 aromatic rings. The number of aromatic nitrogens is 1. The van der Waals surface area contributed by atoms with Crippen molar-refractivity contribution < 1.29 is 9.18 Å². The normalized spacial score (nSPS) is 12.5. The van der Waals surface area contributed by atoms with Crippen molar-refractivity contribution in [3.05, 3.63) is 102 Å². The summed E-state index contributed by atoms with van der Waals surface area (Å²) in [6.07, 6.45) is 5.05. The van der Waals surface area contributed by atoms with E-state index in [0.29, 0.717) is 12.1 Å². The number of rotatable bonds is 8. The summed E-state index contributed by atoms with van der Waals surface area (Å²) in [6, 6.07) is 17.7. The molecule has 1 aromatic heterocycles. The average molecular weight is 429 g/mol. The van der Waals surface area contributed by atoms with Crippen LogP contribution in [0, 0.1) is 12.7 Å². The van der Waals surface area contributed by atoms with Crippen LogP contribution >= 0.6 is 0 Å². The zero-order valence-electron chi connectivity index (χ0n) is 18.1. The molecule has 0 saturated heterocycles. The molecule has 1 amide bonds. The van der Waals surface area contributed by atoms with E-state index in [1.165, 1.54) is 24.5 Å². The van der Waals surface area contributed by atoms with Crippen molar-refractivity contribution in [2.75, 3.05) is 0 Å². The van der Waals surface area contributed by atoms with Gasteiger partial charge in [-0.05, 0) is 55.5 Å². The maximum Gasteiger partial charge on any atom is 0.266 e. The standard InChI is InChI=1S/C26H25FN4O/c1-18-4-7-23(17-30-18)22-8-5-20(6-9-22)16-25(29-15-14-28-3)26(32)31-19(2)21-10-12-24(27)13-11-21/h4-15,17,19H,3,16H2,1-2H3,(H,31,32)/b15-14-,29-25?. The number of aryl methyl sites for hydroxylation is 1. The Hall–Kier alpha value is -3.93. The molecule has 1 heterocycles. The Morgan fingerprint density at radius 2 is 1.75 bits per heavy atom. The van der Waals surface area contributed by atoms with Gasteiger partial charge < -0.3 is 5.32 Å². The maximum atomic E-state index is 13.2. The molecule has 0 aliphatic rings. The molecule has 0 fully saturated rings. The van der Waals surface area contributed by atoms with Gasteiger partial charge in [0.15, 0.2) is 0 Å². The van der Waals surface area contributed by atoms with Crippen LogP contribution in [-0.2, 0) is 11.2 Å². The van der Waals surface area contributed by atoms with Gasteiger partial charge in [0.2, 0.25) is 0 Å². The molecule has 0 aliphatic heterocycles. The first-order valence-electron chi connectivity index (χ1n) is 10.2. The van der Waals surface area contributed by atoms with E-state index < -0.39 is 0 Å². The molecular weight excluding hydrogens is 403 g/mol. The lowest BCUT2D eigenvalue weighted by Crippen LogP contribution is -2.34. The summed E-state index contributed by atoms with van der Waals surface area (Å²) in [4.78, 5) is 25.2. The van der Waals surface area contributed by atoms with Crippen LogP contribution in [0.1, 0.15) is 29.8 Å². The summed E-state index contributed by atoms with van der Waals surface area (Å²) in [7, 11) is 0. The summed E-state index contributed by atoms with van der Waals surface area (Å²) in [5.74, 6) is -0.621. The van der Waals surface area contributed by atoms with Crippen LogP contribution in [0.25, 0.3) is 11.1 Å². The molecule has 6 heteroatoms. The molecule has 162 valence electrons. The van der Waals surface area contributed by atoms with E-state index in [9.17, 15) is 9.18 Å². The van der Waals surface area contributed by atoms with Crippen molar-refractivity contribution in [1.29, 1.82) is 0 Å². The Morgan fingerprint density at radius 1 is 1.06 bits per heavy atom. The molecule has 0 aliphatic carbocycles. The fourth-order valence-electron chi connectivity index (χ4n) is 3.12. The minimum atomic E-state index is -0.318. The monoisotopic (exact) mass is 428 g/mol. The van der Waals surface area contributed by atoms with E-state index in [0.717, 1.165) is 27.9 Å². The Labute approximate surface area is 187 Å². The third-order valence-corrected chi connectivity index (χ3v) is 4.95. The van der Waals surface area contributed by atoms with Gasteiger partial charge in [-0.2, -0.15) is 0 Å². The van der Waals surface area contributed by atoms with Gasteiger partial charge in [-0.3, -0.25) is 19.8 Å². The number of nitrogens with one attached hydrogen (secondary N) is 1. The van der Waals surface area contributed by atoms with Crippen molar-refractivity contribution in [1.82, 2.24) is 10.3 Å². The lowest BCUT2D eigenvalue weighted by Gasteiger charge is -2.15. The molecule has 2 aromatic carbocycles. The first-order valence-corrected chi connectivity index (χ1v) is 10.2. The van der Waals surface area contributed by atoms with Crippen LogP contribution in [0.4, 0.5) is 4.39 Å². The van der Waals surface area contributed by atoms with Crippen molar-refractivity contribution in [3.63, 3.8) is 0 Å². The van der Waals surface area contributed by atoms with E-state index in [4.69, 9.17) is 0 Å². The minimum absolute atomic E-state index is 0.300. The van der Waals surface area contributed by atoms with Gasteiger partial charge in [-0.1, -0.05) is 42.5 Å². The first kappa shape index (κ1) is 22.7. The van der Waals surface area contributed by atoms with E-state index in [1.807, 2.05) is 56.4 Å². The lowest BCUT2D eigenvalue weighted by atomic mass is 10.0. The van der Waals surface area contributed by atoms with Crippen LogP contribution in [0.3, 0.4) is 0 Å². The number of halogens is 1. The highest BCUT2D eigenvalue weighted by Gasteiger charge is 2.16. The number of hydrogen-bond acceptors (Lipinski definition) is 4. The number of carbonyl (C=O) groups excluding carboxylic acids is 1. The third-order valence-electron chi connectivity index (χ3n) is 4.95. The number of pyridine rings is 1. The van der Waals surface area contributed by atoms with Crippen LogP contribution in [0.5, 0.6) is 0 Å². The smallest absolute Gasteiger partial charge is 0.266 e. The van der Waals surface area contributed by atoms with Crippen molar-refractivity contribution >= 4 is 18.3 Å². The van der Waals surface area contributed by atoms with Crippen LogP contribution in [-0.4, -0.2) is 23.3 Å². The molecule has 1 unspecified atom stereocenters. The van der Waals surface area contributed by atoms with Crippen molar-refractivity contribution in [2.24, 2.45) is 9.98 Å². The maximum absolute atomic E-state index is 13.2. The molecule has 0 saturated carbocycles. The van der Waals surface area contributed by atoms with Gasteiger partial charge in [0, 0.05) is 36.3 Å². The predicted octanol–water partition coefficient (Wildman–Crippen LogP) is 5.23. The summed E-state index contributed by atoms with van der Waals surface area (Å²) >= 11 is 0. The van der Waals surface area contributed by atoms with Crippen molar-refractivity contribution in [2.45, 2.75) is 26.3 Å². The minimum Gasteiger partial charge on any atom is -0.344 e. The Bertz CT molecular complexity index is 1120. The molecule has 0 radical (unpaired) electrons. The van der Waals surface area contributed by atoms with E-state index in [2.05, 4.69) is 27.0 Å². The zero-order valence-corrected chi connectivity index (χ0v) is 18.1. The summed E-state index contributed by atoms with van der Waals surface area (Å²) < 4.78 is 13.2. The quantitative estimate of drug-likeness (QED) is 0.499. The molecule has 0 bridgehead atoms. The number of benzene rings is 2. The molecule has 5 nitrogen and oxygen atoms in total. The van der Waals surface area contributed by atoms with Crippen molar-refractivity contribution in [3.8, 4) is 11.1 Å². The summed E-state index contributed by atoms with van der Waals surface area (Å²) in [5, 5.41) is 2.92. The lowest BCUT2D eigenvalue weighted by molar-refractivity contribution is -0.115. The zero-order chi connectivity index (χ0) is 22.9. The third kappa shape index (κ3) is 6.28. The average Bonchev–Trinajstić information content (AvgIpc) is 2.80.